The molecule has 0 radical (unpaired) electrons. The maximum atomic E-state index is 10.1. The lowest BCUT2D eigenvalue weighted by Crippen LogP contribution is -2.35. The molecule has 2 aromatic heterocycles. The molecule has 0 saturated carbocycles. The minimum atomic E-state index is 0.573. The Morgan fingerprint density at radius 2 is 1.22 bits per heavy atom. The third-order valence-corrected chi connectivity index (χ3v) is 6.64. The van der Waals surface area contributed by atoms with Crippen LogP contribution in [0.15, 0.2) is 60.9 Å². The molecule has 0 aliphatic rings. The number of nitrogens with zero attached hydrogens (tertiary/aromatic N) is 3. The van der Waals surface area contributed by atoms with Crippen molar-refractivity contribution in [3.8, 4) is 0 Å². The number of hydrogen-bond donors (Lipinski definition) is 5. The highest BCUT2D eigenvalue weighted by molar-refractivity contribution is 6.31. The van der Waals surface area contributed by atoms with Crippen molar-refractivity contribution in [1.82, 2.24) is 4.90 Å². The Balaban J connectivity index is 1.38. The van der Waals surface area contributed by atoms with Gasteiger partial charge in [0.25, 0.3) is 11.0 Å². The van der Waals surface area contributed by atoms with Crippen LogP contribution in [0.2, 0.25) is 10.0 Å². The van der Waals surface area contributed by atoms with Crippen LogP contribution in [0, 0.1) is 0 Å². The molecule has 0 spiro atoms. The Morgan fingerprint density at radius 3 is 1.69 bits per heavy atom. The van der Waals surface area contributed by atoms with E-state index in [0.717, 1.165) is 77.2 Å². The lowest BCUT2D eigenvalue weighted by molar-refractivity contribution is -0.884. The lowest BCUT2D eigenvalue weighted by atomic mass is 10.2. The van der Waals surface area contributed by atoms with E-state index in [0.29, 0.717) is 27.6 Å². The Labute approximate surface area is 220 Å². The van der Waals surface area contributed by atoms with Crippen LogP contribution in [-0.4, -0.2) is 54.6 Å². The van der Waals surface area contributed by atoms with Gasteiger partial charge in [0.15, 0.2) is 0 Å². The molecule has 4 aromatic rings. The van der Waals surface area contributed by atoms with Crippen LogP contribution in [0.3, 0.4) is 0 Å². The van der Waals surface area contributed by atoms with E-state index in [1.165, 1.54) is 0 Å². The van der Waals surface area contributed by atoms with Crippen molar-refractivity contribution in [3.05, 3.63) is 71.0 Å². The van der Waals surface area contributed by atoms with Crippen LogP contribution in [0.5, 0.6) is 0 Å². The van der Waals surface area contributed by atoms with Gasteiger partial charge in [-0.05, 0) is 50.2 Å². The molecule has 10 heteroatoms. The van der Waals surface area contributed by atoms with Crippen LogP contribution in [0.1, 0.15) is 12.8 Å². The number of anilines is 2. The summed E-state index contributed by atoms with van der Waals surface area (Å²) < 4.78 is 2.16. The van der Waals surface area contributed by atoms with Crippen LogP contribution in [-0.2, 0) is 0 Å². The molecule has 0 bridgehead atoms. The van der Waals surface area contributed by atoms with Crippen molar-refractivity contribution >= 4 is 56.4 Å². The Hall–Kier alpha value is -3.04. The largest absolute Gasteiger partial charge is 0.383 e. The number of unbranched alkanes of at least 4 members (excludes halogenated alkanes) is 1. The smallest absolute Gasteiger partial charge is 0.268 e. The predicted molar refractivity (Wildman–Crippen MR) is 144 cm³/mol. The van der Waals surface area contributed by atoms with Gasteiger partial charge in [-0.2, -0.15) is 0 Å². The molecular formula is C26H32Cl2N6O2+2. The minimum Gasteiger partial charge on any atom is -0.383 e. The zero-order valence-electron chi connectivity index (χ0n) is 20.0. The highest BCUT2D eigenvalue weighted by atomic mass is 35.5. The minimum absolute atomic E-state index is 0.573. The van der Waals surface area contributed by atoms with Gasteiger partial charge in [0.2, 0.25) is 12.4 Å². The quantitative estimate of drug-likeness (QED) is 0.108. The summed E-state index contributed by atoms with van der Waals surface area (Å²) in [6.07, 6.45) is 5.23. The SMILES string of the molecule is NCCCCN(CCNc1cc[n+](O)c2cc(Cl)ccc12)CCNc1cc[n+](O)c2cc(Cl)ccc12. The summed E-state index contributed by atoms with van der Waals surface area (Å²) in [7, 11) is 0. The van der Waals surface area contributed by atoms with E-state index in [-0.39, 0.29) is 0 Å². The molecule has 0 aliphatic heterocycles. The fraction of sp³-hybridized carbons (Fsp3) is 0.308. The average molecular weight is 531 g/mol. The fourth-order valence-electron chi connectivity index (χ4n) is 4.30. The summed E-state index contributed by atoms with van der Waals surface area (Å²) in [5.74, 6) is 0. The lowest BCUT2D eigenvalue weighted by Gasteiger charge is -2.23. The molecule has 4 rings (SSSR count). The van der Waals surface area contributed by atoms with Crippen molar-refractivity contribution in [1.29, 1.82) is 0 Å². The van der Waals surface area contributed by atoms with Gasteiger partial charge in [-0.3, -0.25) is 15.3 Å². The second-order valence-corrected chi connectivity index (χ2v) is 9.53. The van der Waals surface area contributed by atoms with Gasteiger partial charge in [0.1, 0.15) is 0 Å². The van der Waals surface area contributed by atoms with Crippen LogP contribution in [0.25, 0.3) is 21.8 Å². The Kier molecular flexibility index (Phi) is 8.88. The summed E-state index contributed by atoms with van der Waals surface area (Å²) in [6.45, 7) is 4.81. The topological polar surface area (TPSA) is 102 Å². The van der Waals surface area contributed by atoms with E-state index in [2.05, 4.69) is 15.5 Å². The molecule has 0 unspecified atom stereocenters. The highest BCUT2D eigenvalue weighted by Crippen LogP contribution is 2.24. The number of nitrogens with one attached hydrogen (secondary N) is 2. The zero-order valence-corrected chi connectivity index (χ0v) is 21.5. The molecule has 0 amide bonds. The molecule has 0 atom stereocenters. The molecule has 36 heavy (non-hydrogen) atoms. The van der Waals surface area contributed by atoms with Gasteiger partial charge in [-0.1, -0.05) is 23.2 Å². The zero-order chi connectivity index (χ0) is 25.5. The number of fused-ring (bicyclic) bond motifs is 2. The van der Waals surface area contributed by atoms with Gasteiger partial charge in [0.05, 0.1) is 22.1 Å². The second kappa shape index (κ2) is 12.3. The normalized spacial score (nSPS) is 11.4. The van der Waals surface area contributed by atoms with Crippen molar-refractivity contribution in [2.45, 2.75) is 12.8 Å². The van der Waals surface area contributed by atoms with Gasteiger partial charge in [0, 0.05) is 70.0 Å². The van der Waals surface area contributed by atoms with E-state index in [1.807, 2.05) is 36.4 Å². The number of hydrogen-bond acceptors (Lipinski definition) is 6. The molecule has 2 aromatic carbocycles. The number of pyridine rings is 2. The number of aromatic nitrogens is 2. The first-order valence-electron chi connectivity index (χ1n) is 12.0. The van der Waals surface area contributed by atoms with Crippen molar-refractivity contribution < 1.29 is 19.9 Å². The van der Waals surface area contributed by atoms with Crippen molar-refractivity contribution in [3.63, 3.8) is 0 Å². The van der Waals surface area contributed by atoms with E-state index in [1.54, 1.807) is 24.5 Å². The third-order valence-electron chi connectivity index (χ3n) is 6.17. The van der Waals surface area contributed by atoms with Crippen molar-refractivity contribution in [2.24, 2.45) is 5.73 Å². The van der Waals surface area contributed by atoms with Crippen LogP contribution < -0.4 is 25.8 Å². The molecule has 8 nitrogen and oxygen atoms in total. The standard InChI is InChI=1S/C26H30Cl2N6O2/c27-19-3-5-21-23(7-13-33(35)25(21)17-19)30-10-15-32(12-2-1-9-29)16-11-31-24-8-14-34(36)26-18-20(28)4-6-22(24)26/h3-8,13-14,17-18,35-36H,1-2,9-12,15-16,29H2/p+2. The maximum absolute atomic E-state index is 10.1. The summed E-state index contributed by atoms with van der Waals surface area (Å²) in [5, 5.41) is 30.2. The third kappa shape index (κ3) is 6.39. The van der Waals surface area contributed by atoms with Gasteiger partial charge >= 0.3 is 0 Å². The van der Waals surface area contributed by atoms with Gasteiger partial charge in [-0.25, -0.2) is 0 Å². The van der Waals surface area contributed by atoms with Gasteiger partial charge < -0.3 is 16.4 Å². The van der Waals surface area contributed by atoms with E-state index in [4.69, 9.17) is 28.9 Å². The van der Waals surface area contributed by atoms with Crippen LogP contribution >= 0.6 is 23.2 Å². The number of benzene rings is 2. The summed E-state index contributed by atoms with van der Waals surface area (Å²) in [4.78, 5) is 2.40. The summed E-state index contributed by atoms with van der Waals surface area (Å²) >= 11 is 12.2. The van der Waals surface area contributed by atoms with Crippen molar-refractivity contribution in [2.75, 3.05) is 49.9 Å². The Morgan fingerprint density at radius 1 is 0.722 bits per heavy atom. The number of rotatable bonds is 12. The average Bonchev–Trinajstić information content (AvgIpc) is 2.87. The Bertz CT molecular complexity index is 1240. The molecule has 0 saturated heterocycles. The number of nitrogens with two attached hydrogens (primary N) is 1. The summed E-state index contributed by atoms with van der Waals surface area (Å²) in [6, 6.07) is 14.6. The molecule has 190 valence electrons. The molecule has 0 aliphatic carbocycles. The summed E-state index contributed by atoms with van der Waals surface area (Å²) in [5.41, 5.74) is 8.90. The molecule has 0 fully saturated rings. The highest BCUT2D eigenvalue weighted by Gasteiger charge is 2.15. The van der Waals surface area contributed by atoms with Crippen LogP contribution in [0.4, 0.5) is 11.4 Å². The second-order valence-electron chi connectivity index (χ2n) is 8.66. The monoisotopic (exact) mass is 530 g/mol. The molecule has 6 N–H and O–H groups in total. The fourth-order valence-corrected chi connectivity index (χ4v) is 4.63. The first-order valence-corrected chi connectivity index (χ1v) is 12.8. The van der Waals surface area contributed by atoms with E-state index < -0.39 is 0 Å². The van der Waals surface area contributed by atoms with E-state index in [9.17, 15) is 10.4 Å². The first-order chi connectivity index (χ1) is 17.5. The predicted octanol–water partition coefficient (Wildman–Crippen LogP) is 3.91. The number of halogens is 2. The van der Waals surface area contributed by atoms with E-state index >= 15 is 0 Å². The molecular weight excluding hydrogens is 499 g/mol. The van der Waals surface area contributed by atoms with Gasteiger partial charge in [-0.15, -0.1) is 0 Å². The first kappa shape index (κ1) is 26.0. The molecule has 2 heterocycles. The maximum Gasteiger partial charge on any atom is 0.268 e.